The maximum atomic E-state index is 14.9. The number of carboxylic acid groups (broad SMARTS) is 1. The van der Waals surface area contributed by atoms with Gasteiger partial charge in [0, 0.05) is 54.3 Å². The average Bonchev–Trinajstić information content (AvgIpc) is 3.67. The Balaban J connectivity index is 1.60. The van der Waals surface area contributed by atoms with E-state index in [0.29, 0.717) is 23.7 Å². The quantitative estimate of drug-likeness (QED) is 0.0436. The van der Waals surface area contributed by atoms with Gasteiger partial charge in [0.1, 0.15) is 6.04 Å². The van der Waals surface area contributed by atoms with Crippen molar-refractivity contribution in [3.63, 3.8) is 0 Å². The van der Waals surface area contributed by atoms with E-state index in [1.807, 2.05) is 14.1 Å². The highest BCUT2D eigenvalue weighted by Gasteiger charge is 2.27. The number of aryl methyl sites for hydroxylation is 1. The lowest BCUT2D eigenvalue weighted by Gasteiger charge is -2.29. The Bertz CT molecular complexity index is 1800. The number of aromatic nitrogens is 1. The average molecular weight is 987 g/mol. The van der Waals surface area contributed by atoms with Crippen LogP contribution in [0.25, 0.3) is 21.8 Å². The summed E-state index contributed by atoms with van der Waals surface area (Å²) in [5.74, 6) is -0.806. The van der Waals surface area contributed by atoms with Gasteiger partial charge in [0.25, 0.3) is 0 Å². The summed E-state index contributed by atoms with van der Waals surface area (Å²) in [7, 11) is 3.89. The summed E-state index contributed by atoms with van der Waals surface area (Å²) in [6.45, 7) is 9.98. The predicted molar refractivity (Wildman–Crippen MR) is 304 cm³/mol. The minimum absolute atomic E-state index is 0.0593. The first-order chi connectivity index (χ1) is 34.6. The molecule has 0 saturated carbocycles. The molecular weight excluding hydrogens is 877 g/mol. The Morgan fingerprint density at radius 3 is 1.41 bits per heavy atom. The molecule has 1 unspecified atom stereocenters. The van der Waals surface area contributed by atoms with Crippen LogP contribution >= 0.6 is 0 Å². The number of nitrogens with one attached hydrogen (secondary N) is 1. The van der Waals surface area contributed by atoms with Crippen molar-refractivity contribution in [3.05, 3.63) is 48.0 Å². The molecule has 3 aromatic rings. The van der Waals surface area contributed by atoms with Gasteiger partial charge in [-0.25, -0.2) is 4.79 Å². The smallest absolute Gasteiger partial charge is 0.359 e. The van der Waals surface area contributed by atoms with E-state index in [-0.39, 0.29) is 18.4 Å². The van der Waals surface area contributed by atoms with Gasteiger partial charge in [0.2, 0.25) is 11.8 Å². The van der Waals surface area contributed by atoms with Crippen molar-refractivity contribution in [2.24, 2.45) is 0 Å². The highest BCUT2D eigenvalue weighted by atomic mass is 16.4. The first-order valence-corrected chi connectivity index (χ1v) is 30.2. The number of hydrogen-bond donors (Lipinski definition) is 2. The van der Waals surface area contributed by atoms with Gasteiger partial charge in [0.15, 0.2) is 6.54 Å². The number of amides is 2. The third kappa shape index (κ3) is 27.5. The summed E-state index contributed by atoms with van der Waals surface area (Å²) in [5, 5.41) is 15.0. The number of aliphatic carboxylic acids is 1. The maximum Gasteiger partial charge on any atom is 0.359 e. The molecule has 8 nitrogen and oxygen atoms in total. The molecule has 0 bridgehead atoms. The van der Waals surface area contributed by atoms with Crippen LogP contribution < -0.4 is 5.32 Å². The van der Waals surface area contributed by atoms with Gasteiger partial charge in [0.05, 0.1) is 20.6 Å². The van der Waals surface area contributed by atoms with Crippen LogP contribution in [-0.4, -0.2) is 83.2 Å². The Morgan fingerprint density at radius 2 is 0.958 bits per heavy atom. The fourth-order valence-corrected chi connectivity index (χ4v) is 11.0. The molecule has 1 atom stereocenters. The van der Waals surface area contributed by atoms with Crippen LogP contribution in [0.2, 0.25) is 0 Å². The van der Waals surface area contributed by atoms with Crippen molar-refractivity contribution >= 4 is 39.6 Å². The van der Waals surface area contributed by atoms with Gasteiger partial charge in [-0.15, -0.1) is 0 Å². The molecule has 0 spiro atoms. The molecule has 2 aromatic carbocycles. The van der Waals surface area contributed by atoms with E-state index in [4.69, 9.17) is 0 Å². The normalized spacial score (nSPS) is 12.3. The van der Waals surface area contributed by atoms with Gasteiger partial charge in [-0.2, -0.15) is 0 Å². The highest BCUT2D eigenvalue weighted by Crippen LogP contribution is 2.30. The first kappa shape index (κ1) is 61.9. The number of benzene rings is 2. The van der Waals surface area contributed by atoms with Crippen molar-refractivity contribution in [2.75, 3.05) is 40.3 Å². The highest BCUT2D eigenvalue weighted by molar-refractivity contribution is 6.08. The molecule has 1 aromatic heterocycles. The van der Waals surface area contributed by atoms with Crippen molar-refractivity contribution in [2.45, 2.75) is 271 Å². The number of para-hydroxylation sites is 1. The second-order valence-corrected chi connectivity index (χ2v) is 22.4. The van der Waals surface area contributed by atoms with Gasteiger partial charge in [-0.05, 0) is 62.8 Å². The van der Waals surface area contributed by atoms with Gasteiger partial charge in [-0.1, -0.05) is 231 Å². The third-order valence-electron chi connectivity index (χ3n) is 15.3. The zero-order valence-electron chi connectivity index (χ0n) is 46.8. The van der Waals surface area contributed by atoms with Crippen LogP contribution in [-0.2, 0) is 27.3 Å². The first-order valence-electron chi connectivity index (χ1n) is 30.2. The van der Waals surface area contributed by atoms with Crippen molar-refractivity contribution in [3.8, 4) is 0 Å². The van der Waals surface area contributed by atoms with Crippen molar-refractivity contribution in [1.82, 2.24) is 14.8 Å². The van der Waals surface area contributed by atoms with E-state index >= 15 is 0 Å². The van der Waals surface area contributed by atoms with Crippen molar-refractivity contribution < 1.29 is 24.0 Å². The van der Waals surface area contributed by atoms with Crippen molar-refractivity contribution in [1.29, 1.82) is 0 Å². The predicted octanol–water partition coefficient (Wildman–Crippen LogP) is 16.9. The number of carbonyl (C=O) groups excluding carboxylic acids is 2. The van der Waals surface area contributed by atoms with E-state index in [9.17, 15) is 19.5 Å². The van der Waals surface area contributed by atoms with E-state index < -0.39 is 12.0 Å². The Hall–Kier alpha value is -3.39. The van der Waals surface area contributed by atoms with E-state index in [0.717, 1.165) is 70.3 Å². The molecule has 0 aliphatic carbocycles. The van der Waals surface area contributed by atoms with Crippen LogP contribution in [0, 0.1) is 0 Å². The molecular formula is C63H109N4O4+. The number of quaternary nitrogens is 1. The topological polar surface area (TPSA) is 91.6 Å². The summed E-state index contributed by atoms with van der Waals surface area (Å²) in [6, 6.07) is 14.6. The summed E-state index contributed by atoms with van der Waals surface area (Å²) in [6.07, 6.45) is 45.6. The molecule has 0 aliphatic heterocycles. The van der Waals surface area contributed by atoms with Gasteiger partial charge < -0.3 is 24.4 Å². The van der Waals surface area contributed by atoms with Crippen LogP contribution in [0.5, 0.6) is 0 Å². The molecule has 404 valence electrons. The molecule has 0 radical (unpaired) electrons. The Labute approximate surface area is 435 Å². The SMILES string of the molecule is CCCCCCCCCCCCCCCCCCN(CCCCCCCCCCCCCCCCCC)C(=O)C(Cc1ccc2c(c1)c1ccccc1n2CC)NC(=O)CCCCC[N+](C)(C)CC(=O)O. The summed E-state index contributed by atoms with van der Waals surface area (Å²) in [4.78, 5) is 42.2. The maximum absolute atomic E-state index is 14.9. The third-order valence-corrected chi connectivity index (χ3v) is 15.3. The van der Waals surface area contributed by atoms with E-state index in [2.05, 4.69) is 78.0 Å². The lowest BCUT2D eigenvalue weighted by molar-refractivity contribution is -0.883. The van der Waals surface area contributed by atoms with Gasteiger partial charge >= 0.3 is 5.97 Å². The molecule has 0 fully saturated rings. The standard InChI is InChI=1S/C63H108N4O4/c1-6-9-11-13-15-17-19-21-23-25-27-29-31-33-35-41-49-65(50-42-36-34-32-30-28-26-24-22-20-18-16-14-12-10-7-2)63(71)58(64-61(68)46-38-37-43-51-67(4,5)54-62(69)70)53-55-47-48-60-57(52-55)56-44-39-40-45-59(56)66(60)8-3/h39-40,44-45,47-48,52,58H,6-38,41-43,46,49-51,53-54H2,1-5H3,(H-,64,68,69,70)/p+1. The second-order valence-electron chi connectivity index (χ2n) is 22.4. The van der Waals surface area contributed by atoms with E-state index in [1.165, 1.54) is 202 Å². The number of fused-ring (bicyclic) bond motifs is 3. The van der Waals surface area contributed by atoms with Crippen LogP contribution in [0.1, 0.15) is 257 Å². The molecule has 3 rings (SSSR count). The summed E-state index contributed by atoms with van der Waals surface area (Å²) >= 11 is 0. The number of hydrogen-bond acceptors (Lipinski definition) is 3. The Kier molecular flexibility index (Phi) is 34.1. The number of nitrogens with zero attached hydrogens (tertiary/aromatic N) is 3. The fourth-order valence-electron chi connectivity index (χ4n) is 11.0. The monoisotopic (exact) mass is 986 g/mol. The van der Waals surface area contributed by atoms with Crippen LogP contribution in [0.4, 0.5) is 0 Å². The number of rotatable bonds is 47. The fraction of sp³-hybridized carbons (Fsp3) is 0.762. The van der Waals surface area contributed by atoms with E-state index in [1.54, 1.807) is 0 Å². The summed E-state index contributed by atoms with van der Waals surface area (Å²) in [5.41, 5.74) is 3.48. The number of likely N-dealkylation sites (N-methyl/N-ethyl adjacent to an activating group) is 1. The Morgan fingerprint density at radius 1 is 0.535 bits per heavy atom. The van der Waals surface area contributed by atoms with Crippen LogP contribution in [0.15, 0.2) is 42.5 Å². The lowest BCUT2D eigenvalue weighted by atomic mass is 10.0. The molecule has 2 amide bonds. The molecule has 0 aliphatic rings. The summed E-state index contributed by atoms with van der Waals surface area (Å²) < 4.78 is 2.78. The van der Waals surface area contributed by atoms with Gasteiger partial charge in [-0.3, -0.25) is 9.59 Å². The molecule has 0 saturated heterocycles. The number of unbranched alkanes of at least 4 members (excludes halogenated alkanes) is 32. The minimum Gasteiger partial charge on any atom is -0.477 e. The molecule has 8 heteroatoms. The lowest BCUT2D eigenvalue weighted by Crippen LogP contribution is -2.50. The zero-order chi connectivity index (χ0) is 51.2. The second kappa shape index (κ2) is 39.1. The van der Waals surface area contributed by atoms with Crippen LogP contribution in [0.3, 0.4) is 0 Å². The molecule has 2 N–H and O–H groups in total. The zero-order valence-corrected chi connectivity index (χ0v) is 46.8. The number of carbonyl (C=O) groups is 3. The minimum atomic E-state index is -0.793. The molecule has 71 heavy (non-hydrogen) atoms. The largest absolute Gasteiger partial charge is 0.477 e. The molecule has 1 heterocycles. The number of carboxylic acids is 1.